The van der Waals surface area contributed by atoms with Gasteiger partial charge in [0.1, 0.15) is 5.75 Å². The topological polar surface area (TPSA) is 26.3 Å². The number of hydrogen-bond acceptors (Lipinski definition) is 2. The predicted octanol–water partition coefficient (Wildman–Crippen LogP) is 2.74. The number of fused-ring (bicyclic) bond motifs is 1. The van der Waals surface area contributed by atoms with Crippen molar-refractivity contribution in [3.63, 3.8) is 0 Å². The van der Waals surface area contributed by atoms with Crippen LogP contribution < -0.4 is 4.74 Å². The Hall–Kier alpha value is -1.31. The molecule has 1 aromatic carbocycles. The average molecular weight is 178 g/mol. The highest BCUT2D eigenvalue weighted by molar-refractivity contribution is 5.85. The van der Waals surface area contributed by atoms with Gasteiger partial charge in [0, 0.05) is 5.56 Å². The molecule has 0 bridgehead atoms. The number of para-hydroxylation sites is 1. The first-order chi connectivity index (χ1) is 6.29. The summed E-state index contributed by atoms with van der Waals surface area (Å²) in [5.74, 6) is 0.474. The van der Waals surface area contributed by atoms with Crippen LogP contribution in [0.4, 0.5) is 0 Å². The number of carbonyl (C=O) groups is 1. The van der Waals surface area contributed by atoms with Gasteiger partial charge in [-0.05, 0) is 13.0 Å². The summed E-state index contributed by atoms with van der Waals surface area (Å²) in [7, 11) is 0. The largest absolute Gasteiger partial charge is 0.426 e. The highest BCUT2D eigenvalue weighted by atomic mass is 16.5. The van der Waals surface area contributed by atoms with Crippen molar-refractivity contribution in [1.29, 1.82) is 0 Å². The first-order valence-corrected chi connectivity index (χ1v) is 4.59. The first-order valence-electron chi connectivity index (χ1n) is 4.59. The molecule has 1 aliphatic heterocycles. The molecule has 0 saturated heterocycles. The van der Waals surface area contributed by atoms with Gasteiger partial charge in [-0.3, -0.25) is 4.79 Å². The average Bonchev–Trinajstić information content (AvgIpc) is 2.47. The van der Waals surface area contributed by atoms with Gasteiger partial charge in [0.15, 0.2) is 0 Å². The summed E-state index contributed by atoms with van der Waals surface area (Å²) in [5, 5.41) is 0. The minimum Gasteiger partial charge on any atom is -0.426 e. The number of esters is 1. The molecule has 0 radical (unpaired) electrons. The number of carbonyl (C=O) groups excluding carboxylic acids is 1. The molecule has 0 N–H and O–H groups in total. The van der Waals surface area contributed by atoms with E-state index in [-0.39, 0.29) is 11.9 Å². The van der Waals surface area contributed by atoms with E-state index >= 15 is 0 Å². The lowest BCUT2D eigenvalue weighted by Crippen LogP contribution is -2.05. The van der Waals surface area contributed by atoms with Crippen molar-refractivity contribution in [2.45, 2.75) is 26.7 Å². The lowest BCUT2D eigenvalue weighted by atomic mass is 10.0. The molecule has 0 aromatic heterocycles. The maximum Gasteiger partial charge on any atom is 0.318 e. The second kappa shape index (κ2) is 4.08. The quantitative estimate of drug-likeness (QED) is 0.451. The third-order valence-electron chi connectivity index (χ3n) is 1.95. The van der Waals surface area contributed by atoms with E-state index in [1.54, 1.807) is 0 Å². The number of rotatable bonds is 0. The summed E-state index contributed by atoms with van der Waals surface area (Å²) in [6.07, 6.45) is 0. The van der Waals surface area contributed by atoms with Crippen molar-refractivity contribution in [2.24, 2.45) is 0 Å². The van der Waals surface area contributed by atoms with Gasteiger partial charge in [0.2, 0.25) is 0 Å². The molecular weight excluding hydrogens is 164 g/mol. The van der Waals surface area contributed by atoms with E-state index in [1.165, 1.54) is 0 Å². The molecule has 2 nitrogen and oxygen atoms in total. The molecule has 0 aliphatic carbocycles. The summed E-state index contributed by atoms with van der Waals surface area (Å²) in [5.41, 5.74) is 0.998. The van der Waals surface area contributed by atoms with Gasteiger partial charge in [0.05, 0.1) is 5.92 Å². The monoisotopic (exact) mass is 178 g/mol. The molecule has 0 fully saturated rings. The number of hydrogen-bond donors (Lipinski definition) is 0. The third kappa shape index (κ3) is 1.72. The Bertz CT molecular complexity index is 305. The zero-order chi connectivity index (χ0) is 9.84. The van der Waals surface area contributed by atoms with Gasteiger partial charge < -0.3 is 4.74 Å². The van der Waals surface area contributed by atoms with E-state index < -0.39 is 0 Å². The van der Waals surface area contributed by atoms with Gasteiger partial charge in [-0.2, -0.15) is 0 Å². The normalized spacial score (nSPS) is 18.4. The fourth-order valence-electron chi connectivity index (χ4n) is 1.25. The van der Waals surface area contributed by atoms with Crippen LogP contribution in [0.25, 0.3) is 0 Å². The Kier molecular flexibility index (Phi) is 3.07. The third-order valence-corrected chi connectivity index (χ3v) is 1.95. The molecule has 2 rings (SSSR count). The highest BCUT2D eigenvalue weighted by Gasteiger charge is 2.28. The summed E-state index contributed by atoms with van der Waals surface area (Å²) in [6.45, 7) is 5.86. The van der Waals surface area contributed by atoms with Gasteiger partial charge >= 0.3 is 5.97 Å². The number of benzene rings is 1. The Morgan fingerprint density at radius 2 is 1.85 bits per heavy atom. The Morgan fingerprint density at radius 3 is 2.46 bits per heavy atom. The van der Waals surface area contributed by atoms with Crippen molar-refractivity contribution in [2.75, 3.05) is 0 Å². The minimum atomic E-state index is -0.147. The zero-order valence-corrected chi connectivity index (χ0v) is 8.20. The van der Waals surface area contributed by atoms with Crippen LogP contribution in [-0.2, 0) is 4.79 Å². The van der Waals surface area contributed by atoms with Gasteiger partial charge in [-0.25, -0.2) is 0 Å². The van der Waals surface area contributed by atoms with Crippen molar-refractivity contribution in [3.8, 4) is 5.75 Å². The van der Waals surface area contributed by atoms with Crippen LogP contribution in [0.3, 0.4) is 0 Å². The second-order valence-electron chi connectivity index (χ2n) is 2.68. The van der Waals surface area contributed by atoms with E-state index in [0.717, 1.165) is 5.56 Å². The SMILES string of the molecule is CC.CC1C(=O)Oc2ccccc21. The Morgan fingerprint density at radius 1 is 1.23 bits per heavy atom. The minimum absolute atomic E-state index is 0.0915. The standard InChI is InChI=1S/C9H8O2.C2H6/c1-6-7-4-2-3-5-8(7)11-9(6)10;1-2/h2-6H,1H3;1-2H3. The van der Waals surface area contributed by atoms with Crippen molar-refractivity contribution in [1.82, 2.24) is 0 Å². The fraction of sp³-hybridized carbons (Fsp3) is 0.364. The van der Waals surface area contributed by atoms with Crippen molar-refractivity contribution in [3.05, 3.63) is 29.8 Å². The molecule has 1 unspecified atom stereocenters. The van der Waals surface area contributed by atoms with E-state index in [1.807, 2.05) is 45.0 Å². The Balaban J connectivity index is 0.000000396. The van der Waals surface area contributed by atoms with E-state index in [4.69, 9.17) is 4.74 Å². The van der Waals surface area contributed by atoms with E-state index in [2.05, 4.69) is 0 Å². The molecule has 0 spiro atoms. The maximum absolute atomic E-state index is 11.0. The fourth-order valence-corrected chi connectivity index (χ4v) is 1.25. The van der Waals surface area contributed by atoms with Crippen molar-refractivity contribution < 1.29 is 9.53 Å². The lowest BCUT2D eigenvalue weighted by Gasteiger charge is -1.94. The molecule has 1 aromatic rings. The van der Waals surface area contributed by atoms with Crippen LogP contribution in [0.5, 0.6) is 5.75 Å². The summed E-state index contributed by atoms with van der Waals surface area (Å²) in [4.78, 5) is 11.0. The van der Waals surface area contributed by atoms with Gasteiger partial charge in [0.25, 0.3) is 0 Å². The maximum atomic E-state index is 11.0. The van der Waals surface area contributed by atoms with Crippen molar-refractivity contribution >= 4 is 5.97 Å². The number of ether oxygens (including phenoxy) is 1. The molecule has 1 heterocycles. The van der Waals surface area contributed by atoms with Gasteiger partial charge in [-0.15, -0.1) is 0 Å². The van der Waals surface area contributed by atoms with E-state index in [0.29, 0.717) is 5.75 Å². The zero-order valence-electron chi connectivity index (χ0n) is 8.20. The molecule has 13 heavy (non-hydrogen) atoms. The van der Waals surface area contributed by atoms with Crippen LogP contribution >= 0.6 is 0 Å². The molecular formula is C11H14O2. The first kappa shape index (κ1) is 9.78. The summed E-state index contributed by atoms with van der Waals surface area (Å²) < 4.78 is 4.98. The molecule has 1 atom stereocenters. The van der Waals surface area contributed by atoms with Gasteiger partial charge in [-0.1, -0.05) is 32.0 Å². The van der Waals surface area contributed by atoms with Crippen LogP contribution in [0.2, 0.25) is 0 Å². The van der Waals surface area contributed by atoms with Crippen LogP contribution in [0.15, 0.2) is 24.3 Å². The van der Waals surface area contributed by atoms with Crippen LogP contribution in [0, 0.1) is 0 Å². The molecule has 0 saturated carbocycles. The van der Waals surface area contributed by atoms with Crippen LogP contribution in [-0.4, -0.2) is 5.97 Å². The predicted molar refractivity (Wildman–Crippen MR) is 51.8 cm³/mol. The molecule has 0 amide bonds. The molecule has 70 valence electrons. The molecule has 1 aliphatic rings. The summed E-state index contributed by atoms with van der Waals surface area (Å²) in [6, 6.07) is 7.52. The lowest BCUT2D eigenvalue weighted by molar-refractivity contribution is -0.133. The smallest absolute Gasteiger partial charge is 0.318 e. The van der Waals surface area contributed by atoms with E-state index in [9.17, 15) is 4.79 Å². The highest BCUT2D eigenvalue weighted by Crippen LogP contribution is 2.33. The summed E-state index contributed by atoms with van der Waals surface area (Å²) >= 11 is 0. The molecule has 2 heteroatoms. The second-order valence-corrected chi connectivity index (χ2v) is 2.68. The Labute approximate surface area is 78.5 Å². The van der Waals surface area contributed by atoms with Crippen LogP contribution in [0.1, 0.15) is 32.3 Å².